The summed E-state index contributed by atoms with van der Waals surface area (Å²) in [5.41, 5.74) is 0.925. The molecule has 3 aliphatic rings. The van der Waals surface area contributed by atoms with Crippen LogP contribution in [-0.2, 0) is 11.3 Å². The fraction of sp³-hybridized carbons (Fsp3) is 0.632. The molecule has 9 heteroatoms. The lowest BCUT2D eigenvalue weighted by Gasteiger charge is -2.36. The van der Waals surface area contributed by atoms with E-state index in [1.54, 1.807) is 12.1 Å². The van der Waals surface area contributed by atoms with Gasteiger partial charge in [-0.25, -0.2) is 4.79 Å². The Morgan fingerprint density at radius 1 is 1.00 bits per heavy atom. The first-order chi connectivity index (χ1) is 13.4. The molecule has 3 aliphatic heterocycles. The second kappa shape index (κ2) is 7.79. The average Bonchev–Trinajstić information content (AvgIpc) is 2.99. The van der Waals surface area contributed by atoms with Crippen LogP contribution in [0.25, 0.3) is 0 Å². The number of alkyl halides is 3. The number of ether oxygens (including phenoxy) is 2. The lowest BCUT2D eigenvalue weighted by Crippen LogP contribution is -2.51. The zero-order chi connectivity index (χ0) is 19.7. The number of urea groups is 1. The van der Waals surface area contributed by atoms with Crippen molar-refractivity contribution in [1.82, 2.24) is 14.7 Å². The summed E-state index contributed by atoms with van der Waals surface area (Å²) < 4.78 is 46.1. The topological polar surface area (TPSA) is 45.3 Å². The van der Waals surface area contributed by atoms with Crippen LogP contribution in [0, 0.1) is 0 Å². The Labute approximate surface area is 161 Å². The van der Waals surface area contributed by atoms with Crippen LogP contribution in [0.1, 0.15) is 18.4 Å². The molecule has 2 amide bonds. The molecule has 3 heterocycles. The van der Waals surface area contributed by atoms with Crippen LogP contribution in [0.15, 0.2) is 24.3 Å². The van der Waals surface area contributed by atoms with E-state index in [9.17, 15) is 18.0 Å². The van der Waals surface area contributed by atoms with E-state index in [1.165, 1.54) is 12.1 Å². The first-order valence-electron chi connectivity index (χ1n) is 9.61. The van der Waals surface area contributed by atoms with Gasteiger partial charge in [-0.05, 0) is 30.5 Å². The standard InChI is InChI=1S/C19H24F3N3O3/c20-19(21,22)28-17-3-1-14(2-4-17)11-23-7-8-24-16(12-23)13-25(18(24)26)15-5-9-27-10-6-15/h1-4,15-16H,5-13H2/t16-/m1/s1. The van der Waals surface area contributed by atoms with Gasteiger partial charge in [0.05, 0.1) is 6.04 Å². The minimum atomic E-state index is -4.68. The molecule has 6 nitrogen and oxygen atoms in total. The highest BCUT2D eigenvalue weighted by atomic mass is 19.4. The predicted octanol–water partition coefficient (Wildman–Crippen LogP) is 2.69. The summed E-state index contributed by atoms with van der Waals surface area (Å²) in [6, 6.07) is 6.54. The van der Waals surface area contributed by atoms with E-state index in [0.29, 0.717) is 26.3 Å². The molecule has 0 N–H and O–H groups in total. The van der Waals surface area contributed by atoms with Gasteiger partial charge in [-0.1, -0.05) is 12.1 Å². The molecule has 1 aromatic rings. The second-order valence-electron chi connectivity index (χ2n) is 7.55. The number of carbonyl (C=O) groups excluding carboxylic acids is 1. The van der Waals surface area contributed by atoms with Gasteiger partial charge in [0.25, 0.3) is 0 Å². The molecule has 0 aromatic heterocycles. The third-order valence-electron chi connectivity index (χ3n) is 5.66. The molecule has 28 heavy (non-hydrogen) atoms. The number of hydrogen-bond donors (Lipinski definition) is 0. The summed E-state index contributed by atoms with van der Waals surface area (Å²) in [4.78, 5) is 19.0. The van der Waals surface area contributed by atoms with Crippen LogP contribution < -0.4 is 4.74 Å². The van der Waals surface area contributed by atoms with E-state index in [2.05, 4.69) is 9.64 Å². The molecule has 4 rings (SSSR count). The Balaban J connectivity index is 1.33. The predicted molar refractivity (Wildman–Crippen MR) is 94.8 cm³/mol. The van der Waals surface area contributed by atoms with Crippen LogP contribution in [0.4, 0.5) is 18.0 Å². The molecular formula is C19H24F3N3O3. The maximum Gasteiger partial charge on any atom is 0.573 e. The minimum absolute atomic E-state index is 0.130. The van der Waals surface area contributed by atoms with Gasteiger partial charge in [-0.3, -0.25) is 4.90 Å². The summed E-state index contributed by atoms with van der Waals surface area (Å²) in [6.07, 6.45) is -2.89. The van der Waals surface area contributed by atoms with Gasteiger partial charge in [0, 0.05) is 52.0 Å². The van der Waals surface area contributed by atoms with E-state index < -0.39 is 6.36 Å². The summed E-state index contributed by atoms with van der Waals surface area (Å²) in [7, 11) is 0. The van der Waals surface area contributed by atoms with Crippen molar-refractivity contribution in [3.05, 3.63) is 29.8 Å². The Hall–Kier alpha value is -2.00. The molecule has 154 valence electrons. The highest BCUT2D eigenvalue weighted by Gasteiger charge is 2.43. The van der Waals surface area contributed by atoms with E-state index in [1.807, 2.05) is 9.80 Å². The number of hydrogen-bond acceptors (Lipinski definition) is 4. The van der Waals surface area contributed by atoms with Crippen LogP contribution in [0.2, 0.25) is 0 Å². The largest absolute Gasteiger partial charge is 0.573 e. The number of benzene rings is 1. The number of halogens is 3. The van der Waals surface area contributed by atoms with Crippen molar-refractivity contribution >= 4 is 6.03 Å². The maximum atomic E-state index is 12.7. The lowest BCUT2D eigenvalue weighted by atomic mass is 10.1. The number of amides is 2. The van der Waals surface area contributed by atoms with E-state index in [0.717, 1.165) is 38.0 Å². The molecule has 0 spiro atoms. The third-order valence-corrected chi connectivity index (χ3v) is 5.66. The molecule has 3 fully saturated rings. The molecule has 0 unspecified atom stereocenters. The summed E-state index contributed by atoms with van der Waals surface area (Å²) >= 11 is 0. The zero-order valence-electron chi connectivity index (χ0n) is 15.5. The van der Waals surface area contributed by atoms with Gasteiger partial charge in [0.15, 0.2) is 0 Å². The van der Waals surface area contributed by atoms with Gasteiger partial charge in [0.1, 0.15) is 5.75 Å². The second-order valence-corrected chi connectivity index (χ2v) is 7.55. The lowest BCUT2D eigenvalue weighted by molar-refractivity contribution is -0.274. The Morgan fingerprint density at radius 2 is 1.71 bits per heavy atom. The van der Waals surface area contributed by atoms with Gasteiger partial charge in [0.2, 0.25) is 0 Å². The zero-order valence-corrected chi connectivity index (χ0v) is 15.5. The number of nitrogens with zero attached hydrogens (tertiary/aromatic N) is 3. The normalized spacial score (nSPS) is 24.5. The number of rotatable bonds is 4. The molecule has 0 radical (unpaired) electrons. The van der Waals surface area contributed by atoms with E-state index in [-0.39, 0.29) is 23.9 Å². The Kier molecular flexibility index (Phi) is 5.37. The molecule has 0 saturated carbocycles. The number of piperazine rings is 1. The maximum absolute atomic E-state index is 12.7. The summed E-state index contributed by atoms with van der Waals surface area (Å²) in [5, 5.41) is 0. The third kappa shape index (κ3) is 4.35. The highest BCUT2D eigenvalue weighted by Crippen LogP contribution is 2.27. The minimum Gasteiger partial charge on any atom is -0.406 e. The van der Waals surface area contributed by atoms with Crippen molar-refractivity contribution in [2.75, 3.05) is 39.4 Å². The summed E-state index contributed by atoms with van der Waals surface area (Å²) in [5.74, 6) is -0.213. The van der Waals surface area contributed by atoms with Crippen molar-refractivity contribution in [3.63, 3.8) is 0 Å². The van der Waals surface area contributed by atoms with Gasteiger partial charge in [-0.15, -0.1) is 13.2 Å². The summed E-state index contributed by atoms with van der Waals surface area (Å²) in [6.45, 7) is 4.99. The molecule has 0 aliphatic carbocycles. The molecule has 3 saturated heterocycles. The molecule has 1 atom stereocenters. The quantitative estimate of drug-likeness (QED) is 0.781. The van der Waals surface area contributed by atoms with Crippen LogP contribution in [0.5, 0.6) is 5.75 Å². The van der Waals surface area contributed by atoms with Crippen molar-refractivity contribution < 1.29 is 27.4 Å². The Bertz CT molecular complexity index is 692. The Morgan fingerprint density at radius 3 is 2.39 bits per heavy atom. The number of fused-ring (bicyclic) bond motifs is 1. The first kappa shape index (κ1) is 19.3. The fourth-order valence-electron chi connectivity index (χ4n) is 4.30. The van der Waals surface area contributed by atoms with Crippen molar-refractivity contribution in [2.24, 2.45) is 0 Å². The van der Waals surface area contributed by atoms with Crippen LogP contribution in [0.3, 0.4) is 0 Å². The highest BCUT2D eigenvalue weighted by molar-refractivity contribution is 5.77. The van der Waals surface area contributed by atoms with E-state index in [4.69, 9.17) is 4.74 Å². The van der Waals surface area contributed by atoms with Crippen LogP contribution >= 0.6 is 0 Å². The van der Waals surface area contributed by atoms with Crippen molar-refractivity contribution in [3.8, 4) is 5.75 Å². The monoisotopic (exact) mass is 399 g/mol. The average molecular weight is 399 g/mol. The molecular weight excluding hydrogens is 375 g/mol. The van der Waals surface area contributed by atoms with Gasteiger partial charge < -0.3 is 19.3 Å². The van der Waals surface area contributed by atoms with Gasteiger partial charge in [-0.2, -0.15) is 0 Å². The van der Waals surface area contributed by atoms with Crippen LogP contribution in [-0.4, -0.2) is 78.6 Å². The first-order valence-corrected chi connectivity index (χ1v) is 9.61. The molecule has 0 bridgehead atoms. The van der Waals surface area contributed by atoms with Crippen molar-refractivity contribution in [2.45, 2.75) is 37.8 Å². The number of carbonyl (C=O) groups is 1. The van der Waals surface area contributed by atoms with Gasteiger partial charge >= 0.3 is 12.4 Å². The SMILES string of the molecule is O=C1N(C2CCOCC2)C[C@H]2CN(Cc3ccc(OC(F)(F)F)cc3)CCN12. The smallest absolute Gasteiger partial charge is 0.406 e. The van der Waals surface area contributed by atoms with Crippen molar-refractivity contribution in [1.29, 1.82) is 0 Å². The molecule has 1 aromatic carbocycles. The fourth-order valence-corrected chi connectivity index (χ4v) is 4.30. The van der Waals surface area contributed by atoms with E-state index >= 15 is 0 Å².